The number of aromatic nitrogens is 2. The molecule has 90 valence electrons. The number of hydrogen-bond donors (Lipinski definition) is 2. The molecule has 0 aliphatic rings. The van der Waals surface area contributed by atoms with Gasteiger partial charge >= 0.3 is 0 Å². The van der Waals surface area contributed by atoms with Crippen LogP contribution in [-0.2, 0) is 6.42 Å². The number of anilines is 2. The van der Waals surface area contributed by atoms with Gasteiger partial charge in [-0.15, -0.1) is 0 Å². The van der Waals surface area contributed by atoms with Gasteiger partial charge in [0.2, 0.25) is 5.88 Å². The van der Waals surface area contributed by atoms with Gasteiger partial charge in [0.05, 0.1) is 7.11 Å². The molecule has 0 aliphatic heterocycles. The average Bonchev–Trinajstić information content (AvgIpc) is 2.31. The fourth-order valence-electron chi connectivity index (χ4n) is 1.25. The molecule has 0 amide bonds. The van der Waals surface area contributed by atoms with E-state index in [0.717, 1.165) is 18.7 Å². The van der Waals surface area contributed by atoms with Gasteiger partial charge in [-0.05, 0) is 13.3 Å². The van der Waals surface area contributed by atoms with Gasteiger partial charge in [-0.25, -0.2) is 4.98 Å². The van der Waals surface area contributed by atoms with Crippen molar-refractivity contribution in [2.24, 2.45) is 0 Å². The SMILES string of the molecule is CCc1nc(NC(C)CC)c(N)c(OC)n1. The average molecular weight is 224 g/mol. The number of nitrogens with two attached hydrogens (primary N) is 1. The summed E-state index contributed by atoms with van der Waals surface area (Å²) in [5.74, 6) is 1.84. The number of nitrogens with zero attached hydrogens (tertiary/aromatic N) is 2. The van der Waals surface area contributed by atoms with E-state index in [-0.39, 0.29) is 0 Å². The zero-order valence-electron chi connectivity index (χ0n) is 10.4. The summed E-state index contributed by atoms with van der Waals surface area (Å²) in [4.78, 5) is 8.56. The first-order valence-electron chi connectivity index (χ1n) is 5.59. The summed E-state index contributed by atoms with van der Waals surface area (Å²) >= 11 is 0. The van der Waals surface area contributed by atoms with Crippen LogP contribution in [0.15, 0.2) is 0 Å². The van der Waals surface area contributed by atoms with Crippen molar-refractivity contribution in [3.8, 4) is 5.88 Å². The first kappa shape index (κ1) is 12.5. The van der Waals surface area contributed by atoms with Crippen LogP contribution >= 0.6 is 0 Å². The summed E-state index contributed by atoms with van der Waals surface area (Å²) in [6.45, 7) is 6.19. The molecule has 0 fully saturated rings. The van der Waals surface area contributed by atoms with Gasteiger partial charge < -0.3 is 15.8 Å². The highest BCUT2D eigenvalue weighted by Gasteiger charge is 2.12. The third-order valence-corrected chi connectivity index (χ3v) is 2.46. The minimum absolute atomic E-state index is 0.326. The summed E-state index contributed by atoms with van der Waals surface area (Å²) < 4.78 is 5.13. The number of ether oxygens (including phenoxy) is 1. The van der Waals surface area contributed by atoms with E-state index in [4.69, 9.17) is 10.5 Å². The maximum atomic E-state index is 5.91. The van der Waals surface area contributed by atoms with E-state index in [1.807, 2.05) is 6.92 Å². The molecule has 1 unspecified atom stereocenters. The van der Waals surface area contributed by atoms with E-state index in [9.17, 15) is 0 Å². The van der Waals surface area contributed by atoms with Crippen molar-refractivity contribution in [1.29, 1.82) is 0 Å². The van der Waals surface area contributed by atoms with Gasteiger partial charge in [0.25, 0.3) is 0 Å². The monoisotopic (exact) mass is 224 g/mol. The highest BCUT2D eigenvalue weighted by atomic mass is 16.5. The smallest absolute Gasteiger partial charge is 0.242 e. The lowest BCUT2D eigenvalue weighted by atomic mass is 10.2. The third-order valence-electron chi connectivity index (χ3n) is 2.46. The van der Waals surface area contributed by atoms with Crippen LogP contribution in [0.5, 0.6) is 5.88 Å². The molecule has 1 aromatic heterocycles. The van der Waals surface area contributed by atoms with Crippen LogP contribution in [0.1, 0.15) is 33.0 Å². The lowest BCUT2D eigenvalue weighted by molar-refractivity contribution is 0.397. The lowest BCUT2D eigenvalue weighted by Gasteiger charge is -2.16. The van der Waals surface area contributed by atoms with E-state index in [1.54, 1.807) is 7.11 Å². The number of aryl methyl sites for hydroxylation is 1. The molecule has 0 aliphatic carbocycles. The zero-order chi connectivity index (χ0) is 12.1. The Kier molecular flexibility index (Phi) is 4.34. The molecule has 1 rings (SSSR count). The predicted molar refractivity (Wildman–Crippen MR) is 65.8 cm³/mol. The Bertz CT molecular complexity index is 354. The van der Waals surface area contributed by atoms with Gasteiger partial charge in [-0.3, -0.25) is 0 Å². The van der Waals surface area contributed by atoms with Crippen molar-refractivity contribution in [2.75, 3.05) is 18.2 Å². The minimum Gasteiger partial charge on any atom is -0.479 e. The number of hydrogen-bond acceptors (Lipinski definition) is 5. The Morgan fingerprint density at radius 1 is 1.38 bits per heavy atom. The van der Waals surface area contributed by atoms with Crippen LogP contribution in [-0.4, -0.2) is 23.1 Å². The van der Waals surface area contributed by atoms with Gasteiger partial charge in [-0.1, -0.05) is 13.8 Å². The van der Waals surface area contributed by atoms with Crippen molar-refractivity contribution in [3.05, 3.63) is 5.82 Å². The molecule has 0 spiro atoms. The fourth-order valence-corrected chi connectivity index (χ4v) is 1.25. The Balaban J connectivity index is 3.05. The molecular weight excluding hydrogens is 204 g/mol. The Morgan fingerprint density at radius 3 is 2.56 bits per heavy atom. The number of methoxy groups -OCH3 is 1. The Labute approximate surface area is 96.4 Å². The van der Waals surface area contributed by atoms with Gasteiger partial charge in [0.1, 0.15) is 11.5 Å². The molecule has 16 heavy (non-hydrogen) atoms. The molecular formula is C11H20N4O. The molecule has 0 radical (unpaired) electrons. The van der Waals surface area contributed by atoms with Crippen molar-refractivity contribution in [1.82, 2.24) is 9.97 Å². The molecule has 1 atom stereocenters. The van der Waals surface area contributed by atoms with Crippen LogP contribution in [0.25, 0.3) is 0 Å². The van der Waals surface area contributed by atoms with E-state index in [2.05, 4.69) is 29.1 Å². The fraction of sp³-hybridized carbons (Fsp3) is 0.636. The highest BCUT2D eigenvalue weighted by Crippen LogP contribution is 2.26. The maximum absolute atomic E-state index is 5.91. The molecule has 3 N–H and O–H groups in total. The van der Waals surface area contributed by atoms with E-state index >= 15 is 0 Å². The summed E-state index contributed by atoms with van der Waals surface area (Å²) in [5.41, 5.74) is 6.38. The molecule has 0 saturated carbocycles. The number of nitrogens with one attached hydrogen (secondary N) is 1. The number of nitrogen functional groups attached to an aromatic ring is 1. The first-order valence-corrected chi connectivity index (χ1v) is 5.59. The third kappa shape index (κ3) is 2.74. The second kappa shape index (κ2) is 5.53. The maximum Gasteiger partial charge on any atom is 0.242 e. The topological polar surface area (TPSA) is 73.1 Å². The lowest BCUT2D eigenvalue weighted by Crippen LogP contribution is -2.17. The van der Waals surface area contributed by atoms with Gasteiger partial charge in [0.15, 0.2) is 5.82 Å². The molecule has 1 aromatic rings. The van der Waals surface area contributed by atoms with E-state index in [0.29, 0.717) is 23.4 Å². The second-order valence-corrected chi connectivity index (χ2v) is 3.72. The summed E-state index contributed by atoms with van der Waals surface area (Å²) in [6, 6.07) is 0.326. The van der Waals surface area contributed by atoms with Crippen molar-refractivity contribution >= 4 is 11.5 Å². The summed E-state index contributed by atoms with van der Waals surface area (Å²) in [7, 11) is 1.56. The number of rotatable bonds is 5. The van der Waals surface area contributed by atoms with E-state index < -0.39 is 0 Å². The van der Waals surface area contributed by atoms with E-state index in [1.165, 1.54) is 0 Å². The standard InChI is InChI=1S/C11H20N4O/c1-5-7(3)13-10-9(12)11(16-4)15-8(6-2)14-10/h7H,5-6,12H2,1-4H3,(H,13,14,15). The molecule has 0 saturated heterocycles. The molecule has 5 nitrogen and oxygen atoms in total. The predicted octanol–water partition coefficient (Wildman–Crippen LogP) is 1.84. The Hall–Kier alpha value is -1.52. The Morgan fingerprint density at radius 2 is 2.06 bits per heavy atom. The van der Waals surface area contributed by atoms with Crippen LogP contribution in [0.3, 0.4) is 0 Å². The molecule has 5 heteroatoms. The van der Waals surface area contributed by atoms with Gasteiger partial charge in [0, 0.05) is 12.5 Å². The van der Waals surface area contributed by atoms with Crippen LogP contribution < -0.4 is 15.8 Å². The minimum atomic E-state index is 0.326. The molecule has 1 heterocycles. The molecule has 0 aromatic carbocycles. The van der Waals surface area contributed by atoms with Crippen LogP contribution in [0.2, 0.25) is 0 Å². The zero-order valence-corrected chi connectivity index (χ0v) is 10.4. The quantitative estimate of drug-likeness (QED) is 0.798. The van der Waals surface area contributed by atoms with Crippen molar-refractivity contribution < 1.29 is 4.74 Å². The summed E-state index contributed by atoms with van der Waals surface area (Å²) in [6.07, 6.45) is 1.76. The van der Waals surface area contributed by atoms with Crippen molar-refractivity contribution in [3.63, 3.8) is 0 Å². The van der Waals surface area contributed by atoms with Crippen molar-refractivity contribution in [2.45, 2.75) is 39.7 Å². The largest absolute Gasteiger partial charge is 0.479 e. The second-order valence-electron chi connectivity index (χ2n) is 3.72. The highest BCUT2D eigenvalue weighted by molar-refractivity contribution is 5.67. The molecule has 0 bridgehead atoms. The normalized spacial score (nSPS) is 12.2. The summed E-state index contributed by atoms with van der Waals surface area (Å²) in [5, 5.41) is 3.25. The first-order chi connectivity index (χ1) is 7.62. The van der Waals surface area contributed by atoms with Crippen LogP contribution in [0.4, 0.5) is 11.5 Å². The van der Waals surface area contributed by atoms with Gasteiger partial charge in [-0.2, -0.15) is 4.98 Å². The van der Waals surface area contributed by atoms with Crippen LogP contribution in [0, 0.1) is 0 Å².